The topological polar surface area (TPSA) is 102 Å². The number of amides is 1. The Balaban J connectivity index is 1.49. The van der Waals surface area contributed by atoms with Crippen molar-refractivity contribution in [3.05, 3.63) is 63.7 Å². The Kier molecular flexibility index (Phi) is 5.06. The molecule has 0 bridgehead atoms. The van der Waals surface area contributed by atoms with E-state index in [2.05, 4.69) is 16.3 Å². The normalized spacial score (nSPS) is 16.4. The lowest BCUT2D eigenvalue weighted by atomic mass is 10.1. The Bertz CT molecular complexity index is 1080. The quantitative estimate of drug-likeness (QED) is 0.460. The molecule has 0 aliphatic carbocycles. The number of anilines is 1. The highest BCUT2D eigenvalue weighted by atomic mass is 32.2. The van der Waals surface area contributed by atoms with Gasteiger partial charge in [-0.15, -0.1) is 10.2 Å². The number of nitro groups is 1. The maximum atomic E-state index is 12.8. The lowest BCUT2D eigenvalue weighted by molar-refractivity contribution is -0.384. The number of aryl methyl sites for hydroxylation is 2. The Labute approximate surface area is 171 Å². The fourth-order valence-electron chi connectivity index (χ4n) is 3.39. The van der Waals surface area contributed by atoms with E-state index >= 15 is 0 Å². The number of rotatable bonds is 5. The van der Waals surface area contributed by atoms with Crippen LogP contribution in [0.3, 0.4) is 0 Å². The molecule has 0 saturated carbocycles. The second kappa shape index (κ2) is 7.67. The minimum Gasteiger partial charge on any atom is -0.411 e. The lowest BCUT2D eigenvalue weighted by Crippen LogP contribution is -2.28. The predicted molar refractivity (Wildman–Crippen MR) is 109 cm³/mol. The van der Waals surface area contributed by atoms with Crippen molar-refractivity contribution in [2.75, 3.05) is 11.4 Å². The second-order valence-electron chi connectivity index (χ2n) is 6.91. The van der Waals surface area contributed by atoms with Crippen molar-refractivity contribution in [3.8, 4) is 11.5 Å². The third-order valence-corrected chi connectivity index (χ3v) is 5.72. The third-order valence-electron chi connectivity index (χ3n) is 4.63. The van der Waals surface area contributed by atoms with Crippen LogP contribution in [0, 0.1) is 24.0 Å². The number of carbonyl (C=O) groups excluding carboxylic acids is 1. The van der Waals surface area contributed by atoms with Crippen LogP contribution >= 0.6 is 11.8 Å². The zero-order chi connectivity index (χ0) is 20.5. The Hall–Kier alpha value is -3.20. The first-order valence-corrected chi connectivity index (χ1v) is 9.93. The summed E-state index contributed by atoms with van der Waals surface area (Å²) in [4.78, 5) is 24.9. The first-order valence-electron chi connectivity index (χ1n) is 9.05. The number of non-ortho nitro benzene ring substituents is 1. The van der Waals surface area contributed by atoms with E-state index in [0.29, 0.717) is 29.8 Å². The van der Waals surface area contributed by atoms with Crippen molar-refractivity contribution in [2.45, 2.75) is 30.7 Å². The lowest BCUT2D eigenvalue weighted by Gasteiger charge is -2.16. The maximum absolute atomic E-state index is 12.8. The molecule has 3 aromatic rings. The van der Waals surface area contributed by atoms with E-state index in [0.717, 1.165) is 16.7 Å². The zero-order valence-corrected chi connectivity index (χ0v) is 16.7. The Morgan fingerprint density at radius 1 is 1.17 bits per heavy atom. The van der Waals surface area contributed by atoms with Gasteiger partial charge in [0.25, 0.3) is 10.9 Å². The van der Waals surface area contributed by atoms with Crippen LogP contribution in [-0.2, 0) is 4.79 Å². The predicted octanol–water partition coefficient (Wildman–Crippen LogP) is 4.16. The second-order valence-corrected chi connectivity index (χ2v) is 8.07. The molecule has 0 N–H and O–H groups in total. The third kappa shape index (κ3) is 4.00. The summed E-state index contributed by atoms with van der Waals surface area (Å²) >= 11 is 1.23. The number of aromatic nitrogens is 2. The van der Waals surface area contributed by atoms with Gasteiger partial charge in [0.05, 0.1) is 15.9 Å². The summed E-state index contributed by atoms with van der Waals surface area (Å²) < 4.78 is 5.76. The van der Waals surface area contributed by atoms with Crippen molar-refractivity contribution in [2.24, 2.45) is 0 Å². The molecule has 29 heavy (non-hydrogen) atoms. The molecule has 1 amide bonds. The van der Waals surface area contributed by atoms with Gasteiger partial charge in [0, 0.05) is 24.2 Å². The number of thioether (sulfide) groups is 1. The fraction of sp³-hybridized carbons (Fsp3) is 0.250. The summed E-state index contributed by atoms with van der Waals surface area (Å²) in [6.45, 7) is 4.49. The van der Waals surface area contributed by atoms with Crippen LogP contribution in [0.5, 0.6) is 0 Å². The highest BCUT2D eigenvalue weighted by molar-refractivity contribution is 8.00. The summed E-state index contributed by atoms with van der Waals surface area (Å²) in [6.07, 6.45) is 0.591. The van der Waals surface area contributed by atoms with Crippen LogP contribution in [-0.4, -0.2) is 32.8 Å². The van der Waals surface area contributed by atoms with E-state index in [-0.39, 0.29) is 16.8 Å². The highest BCUT2D eigenvalue weighted by Crippen LogP contribution is 2.34. The molecule has 1 saturated heterocycles. The molecule has 4 rings (SSSR count). The number of hydrogen-bond donors (Lipinski definition) is 0. The number of carbonyl (C=O) groups is 1. The van der Waals surface area contributed by atoms with Gasteiger partial charge in [-0.2, -0.15) is 0 Å². The number of nitrogens with zero attached hydrogens (tertiary/aromatic N) is 4. The molecule has 1 atom stereocenters. The van der Waals surface area contributed by atoms with Crippen LogP contribution in [0.15, 0.2) is 52.1 Å². The van der Waals surface area contributed by atoms with E-state index in [9.17, 15) is 14.9 Å². The summed E-state index contributed by atoms with van der Waals surface area (Å²) in [6, 6.07) is 12.1. The summed E-state index contributed by atoms with van der Waals surface area (Å²) in [5.74, 6) is 0.293. The molecule has 1 aliphatic rings. The van der Waals surface area contributed by atoms with Crippen molar-refractivity contribution in [1.29, 1.82) is 0 Å². The van der Waals surface area contributed by atoms with E-state index in [1.54, 1.807) is 17.0 Å². The van der Waals surface area contributed by atoms with Gasteiger partial charge < -0.3 is 9.32 Å². The van der Waals surface area contributed by atoms with Gasteiger partial charge >= 0.3 is 0 Å². The molecule has 1 aromatic heterocycles. The molecule has 0 spiro atoms. The van der Waals surface area contributed by atoms with E-state index in [1.807, 2.05) is 26.0 Å². The number of hydrogen-bond acceptors (Lipinski definition) is 7. The summed E-state index contributed by atoms with van der Waals surface area (Å²) in [5, 5.41) is 19.1. The smallest absolute Gasteiger partial charge is 0.277 e. The molecular formula is C20H18N4O4S. The molecule has 1 fully saturated rings. The average molecular weight is 410 g/mol. The Morgan fingerprint density at radius 3 is 2.66 bits per heavy atom. The average Bonchev–Trinajstić information content (AvgIpc) is 3.29. The molecule has 0 radical (unpaired) electrons. The number of nitro benzene ring substituents is 1. The van der Waals surface area contributed by atoms with Crippen molar-refractivity contribution < 1.29 is 14.1 Å². The van der Waals surface area contributed by atoms with Gasteiger partial charge in [0.1, 0.15) is 0 Å². The van der Waals surface area contributed by atoms with Gasteiger partial charge in [0.15, 0.2) is 0 Å². The van der Waals surface area contributed by atoms with Gasteiger partial charge in [0.2, 0.25) is 11.8 Å². The molecule has 9 heteroatoms. The molecule has 2 heterocycles. The van der Waals surface area contributed by atoms with E-state index in [4.69, 9.17) is 4.42 Å². The van der Waals surface area contributed by atoms with E-state index < -0.39 is 4.92 Å². The van der Waals surface area contributed by atoms with Gasteiger partial charge in [-0.3, -0.25) is 14.9 Å². The monoisotopic (exact) mass is 410 g/mol. The van der Waals surface area contributed by atoms with Crippen LogP contribution in [0.4, 0.5) is 11.4 Å². The Morgan fingerprint density at radius 2 is 1.93 bits per heavy atom. The maximum Gasteiger partial charge on any atom is 0.277 e. The minimum absolute atomic E-state index is 0.0404. The van der Waals surface area contributed by atoms with Crippen LogP contribution in [0.2, 0.25) is 0 Å². The molecular weight excluding hydrogens is 392 g/mol. The van der Waals surface area contributed by atoms with Gasteiger partial charge in [-0.05, 0) is 38.5 Å². The molecule has 1 unspecified atom stereocenters. The standard InChI is InChI=1S/C20H18N4O4S/c1-12-8-13(2)10-14(9-12)18-21-22-20(28-18)29-17-6-7-23(19(17)25)15-4-3-5-16(11-15)24(26)27/h3-5,8-11,17H,6-7H2,1-2H3. The zero-order valence-electron chi connectivity index (χ0n) is 15.9. The molecule has 1 aliphatic heterocycles. The van der Waals surface area contributed by atoms with Crippen molar-refractivity contribution in [1.82, 2.24) is 10.2 Å². The number of benzene rings is 2. The van der Waals surface area contributed by atoms with Gasteiger partial charge in [-0.25, -0.2) is 0 Å². The van der Waals surface area contributed by atoms with Crippen LogP contribution in [0.1, 0.15) is 17.5 Å². The van der Waals surface area contributed by atoms with Crippen molar-refractivity contribution in [3.63, 3.8) is 0 Å². The fourth-order valence-corrected chi connectivity index (χ4v) is 4.30. The largest absolute Gasteiger partial charge is 0.411 e. The molecule has 8 nitrogen and oxygen atoms in total. The summed E-state index contributed by atoms with van der Waals surface area (Å²) in [5.41, 5.74) is 3.53. The highest BCUT2D eigenvalue weighted by Gasteiger charge is 2.35. The van der Waals surface area contributed by atoms with Crippen LogP contribution < -0.4 is 4.90 Å². The first kappa shape index (κ1) is 19.1. The van der Waals surface area contributed by atoms with Crippen LogP contribution in [0.25, 0.3) is 11.5 Å². The SMILES string of the molecule is Cc1cc(C)cc(-c2nnc(SC3CCN(c4cccc([N+](=O)[O-])c4)C3=O)o2)c1. The molecule has 2 aromatic carbocycles. The molecule has 148 valence electrons. The minimum atomic E-state index is -0.469. The van der Waals surface area contributed by atoms with Gasteiger partial charge in [-0.1, -0.05) is 35.0 Å². The first-order chi connectivity index (χ1) is 13.9. The summed E-state index contributed by atoms with van der Waals surface area (Å²) in [7, 11) is 0. The van der Waals surface area contributed by atoms with E-state index in [1.165, 1.54) is 23.9 Å². The van der Waals surface area contributed by atoms with Crippen molar-refractivity contribution >= 4 is 29.0 Å².